The molecule has 0 radical (unpaired) electrons. The molecule has 17 heavy (non-hydrogen) atoms. The smallest absolute Gasteiger partial charge is 0.323 e. The average Bonchev–Trinajstić information content (AvgIpc) is 2.25. The maximum absolute atomic E-state index is 10.8. The zero-order valence-electron chi connectivity index (χ0n) is 9.09. The van der Waals surface area contributed by atoms with E-state index in [0.717, 1.165) is 0 Å². The average molecular weight is 259 g/mol. The van der Waals surface area contributed by atoms with Gasteiger partial charge in [0.25, 0.3) is 5.69 Å². The molecule has 0 unspecified atom stereocenters. The van der Waals surface area contributed by atoms with E-state index in [-0.39, 0.29) is 17.9 Å². The number of carboxylic acids is 1. The number of nitrogens with zero attached hydrogens (tertiary/aromatic N) is 2. The maximum atomic E-state index is 10.8. The van der Waals surface area contributed by atoms with E-state index in [9.17, 15) is 14.9 Å². The summed E-state index contributed by atoms with van der Waals surface area (Å²) in [6, 6.07) is 4.06. The van der Waals surface area contributed by atoms with Crippen LogP contribution in [0.4, 0.5) is 11.4 Å². The summed E-state index contributed by atoms with van der Waals surface area (Å²) in [7, 11) is 0. The van der Waals surface area contributed by atoms with E-state index >= 15 is 0 Å². The Morgan fingerprint density at radius 3 is 2.71 bits per heavy atom. The Kier molecular flexibility index (Phi) is 4.28. The Labute approximate surface area is 103 Å². The first-order chi connectivity index (χ1) is 7.95. The number of hydrogen-bond acceptors (Lipinski definition) is 4. The van der Waals surface area contributed by atoms with Gasteiger partial charge in [-0.2, -0.15) is 0 Å². The van der Waals surface area contributed by atoms with Crippen molar-refractivity contribution in [2.75, 3.05) is 18.0 Å². The minimum atomic E-state index is -1.05. The SMILES string of the molecule is CCN(CC(=O)O)c1cc(Cl)ccc1[N+](=O)[O-]. The predicted molar refractivity (Wildman–Crippen MR) is 63.6 cm³/mol. The number of anilines is 1. The van der Waals surface area contributed by atoms with Gasteiger partial charge in [0, 0.05) is 17.6 Å². The Balaban J connectivity index is 3.20. The highest BCUT2D eigenvalue weighted by atomic mass is 35.5. The number of nitro benzene ring substituents is 1. The fraction of sp³-hybridized carbons (Fsp3) is 0.300. The summed E-state index contributed by atoms with van der Waals surface area (Å²) in [6.45, 7) is 1.75. The van der Waals surface area contributed by atoms with Gasteiger partial charge in [0.1, 0.15) is 12.2 Å². The van der Waals surface area contributed by atoms with E-state index in [4.69, 9.17) is 16.7 Å². The Hall–Kier alpha value is -1.82. The topological polar surface area (TPSA) is 83.7 Å². The van der Waals surface area contributed by atoms with E-state index in [1.54, 1.807) is 6.92 Å². The third-order valence-corrected chi connectivity index (χ3v) is 2.42. The van der Waals surface area contributed by atoms with Crippen LogP contribution in [0.25, 0.3) is 0 Å². The Morgan fingerprint density at radius 1 is 1.59 bits per heavy atom. The first-order valence-corrected chi connectivity index (χ1v) is 5.24. The molecule has 1 rings (SSSR count). The van der Waals surface area contributed by atoms with Gasteiger partial charge in [0.15, 0.2) is 0 Å². The van der Waals surface area contributed by atoms with Crippen molar-refractivity contribution < 1.29 is 14.8 Å². The number of carbonyl (C=O) groups is 1. The van der Waals surface area contributed by atoms with Gasteiger partial charge in [-0.15, -0.1) is 0 Å². The Bertz CT molecular complexity index is 450. The fourth-order valence-electron chi connectivity index (χ4n) is 1.43. The van der Waals surface area contributed by atoms with Crippen LogP contribution in [0.1, 0.15) is 6.92 Å². The van der Waals surface area contributed by atoms with Gasteiger partial charge in [-0.25, -0.2) is 0 Å². The summed E-state index contributed by atoms with van der Waals surface area (Å²) in [5, 5.41) is 19.9. The Morgan fingerprint density at radius 2 is 2.24 bits per heavy atom. The molecule has 1 aromatic rings. The highest BCUT2D eigenvalue weighted by Crippen LogP contribution is 2.30. The molecule has 0 aliphatic rings. The molecule has 0 bridgehead atoms. The molecular formula is C10H11ClN2O4. The minimum Gasteiger partial charge on any atom is -0.480 e. The van der Waals surface area contributed by atoms with Crippen molar-refractivity contribution >= 4 is 28.9 Å². The molecule has 0 spiro atoms. The summed E-state index contributed by atoms with van der Waals surface area (Å²) in [5.74, 6) is -1.05. The third kappa shape index (κ3) is 3.32. The molecular weight excluding hydrogens is 248 g/mol. The molecule has 0 saturated heterocycles. The summed E-state index contributed by atoms with van der Waals surface area (Å²) in [4.78, 5) is 22.3. The standard InChI is InChI=1S/C10H11ClN2O4/c1-2-12(6-10(14)15)9-5-7(11)3-4-8(9)13(16)17/h3-5H,2,6H2,1H3,(H,14,15). The fourth-order valence-corrected chi connectivity index (χ4v) is 1.60. The maximum Gasteiger partial charge on any atom is 0.323 e. The largest absolute Gasteiger partial charge is 0.480 e. The zero-order chi connectivity index (χ0) is 13.0. The van der Waals surface area contributed by atoms with Crippen molar-refractivity contribution in [3.05, 3.63) is 33.3 Å². The van der Waals surface area contributed by atoms with Crippen molar-refractivity contribution in [1.82, 2.24) is 0 Å². The number of likely N-dealkylation sites (N-methyl/N-ethyl adjacent to an activating group) is 1. The monoisotopic (exact) mass is 258 g/mol. The molecule has 0 saturated carbocycles. The molecule has 6 nitrogen and oxygen atoms in total. The molecule has 0 amide bonds. The van der Waals surface area contributed by atoms with Gasteiger partial charge in [-0.1, -0.05) is 11.6 Å². The third-order valence-electron chi connectivity index (χ3n) is 2.18. The molecule has 0 fully saturated rings. The van der Waals surface area contributed by atoms with E-state index in [2.05, 4.69) is 0 Å². The van der Waals surface area contributed by atoms with Crippen molar-refractivity contribution in [3.8, 4) is 0 Å². The summed E-state index contributed by atoms with van der Waals surface area (Å²) < 4.78 is 0. The van der Waals surface area contributed by atoms with Crippen molar-refractivity contribution in [1.29, 1.82) is 0 Å². The number of nitro groups is 1. The summed E-state index contributed by atoms with van der Waals surface area (Å²) in [6.07, 6.45) is 0. The first kappa shape index (κ1) is 13.2. The van der Waals surface area contributed by atoms with Crippen LogP contribution >= 0.6 is 11.6 Å². The van der Waals surface area contributed by atoms with E-state index in [0.29, 0.717) is 11.6 Å². The van der Waals surface area contributed by atoms with E-state index in [1.165, 1.54) is 23.1 Å². The van der Waals surface area contributed by atoms with Crippen LogP contribution in [0.15, 0.2) is 18.2 Å². The number of carboxylic acid groups (broad SMARTS) is 1. The lowest BCUT2D eigenvalue weighted by molar-refractivity contribution is -0.384. The van der Waals surface area contributed by atoms with Crippen molar-refractivity contribution in [3.63, 3.8) is 0 Å². The molecule has 0 atom stereocenters. The second-order valence-corrected chi connectivity index (χ2v) is 3.73. The molecule has 7 heteroatoms. The number of benzene rings is 1. The van der Waals surface area contributed by atoms with Crippen LogP contribution in [0.5, 0.6) is 0 Å². The lowest BCUT2D eigenvalue weighted by atomic mass is 10.2. The van der Waals surface area contributed by atoms with Crippen LogP contribution in [-0.2, 0) is 4.79 Å². The second kappa shape index (κ2) is 5.49. The summed E-state index contributed by atoms with van der Waals surface area (Å²) in [5.41, 5.74) is 0.0601. The van der Waals surface area contributed by atoms with Crippen LogP contribution < -0.4 is 4.90 Å². The lowest BCUT2D eigenvalue weighted by Gasteiger charge is -2.20. The number of rotatable bonds is 5. The van der Waals surface area contributed by atoms with Gasteiger partial charge in [0.2, 0.25) is 0 Å². The van der Waals surface area contributed by atoms with Crippen LogP contribution in [0.2, 0.25) is 5.02 Å². The highest BCUT2D eigenvalue weighted by Gasteiger charge is 2.20. The summed E-state index contributed by atoms with van der Waals surface area (Å²) >= 11 is 5.76. The normalized spacial score (nSPS) is 10.0. The van der Waals surface area contributed by atoms with E-state index in [1.807, 2.05) is 0 Å². The van der Waals surface area contributed by atoms with Gasteiger partial charge >= 0.3 is 5.97 Å². The van der Waals surface area contributed by atoms with Crippen LogP contribution in [-0.4, -0.2) is 29.1 Å². The minimum absolute atomic E-state index is 0.155. The number of aliphatic carboxylic acids is 1. The lowest BCUT2D eigenvalue weighted by Crippen LogP contribution is -2.29. The molecule has 0 aliphatic heterocycles. The molecule has 0 heterocycles. The van der Waals surface area contributed by atoms with Crippen molar-refractivity contribution in [2.45, 2.75) is 6.92 Å². The van der Waals surface area contributed by atoms with Crippen LogP contribution in [0.3, 0.4) is 0 Å². The second-order valence-electron chi connectivity index (χ2n) is 3.30. The van der Waals surface area contributed by atoms with Crippen LogP contribution in [0, 0.1) is 10.1 Å². The number of hydrogen-bond donors (Lipinski definition) is 1. The molecule has 1 N–H and O–H groups in total. The molecule has 1 aromatic carbocycles. The van der Waals surface area contributed by atoms with Gasteiger partial charge < -0.3 is 10.0 Å². The van der Waals surface area contributed by atoms with Crippen molar-refractivity contribution in [2.24, 2.45) is 0 Å². The molecule has 0 aromatic heterocycles. The number of halogens is 1. The van der Waals surface area contributed by atoms with Gasteiger partial charge in [-0.05, 0) is 19.1 Å². The van der Waals surface area contributed by atoms with Gasteiger partial charge in [-0.3, -0.25) is 14.9 Å². The predicted octanol–water partition coefficient (Wildman–Crippen LogP) is 2.16. The molecule has 92 valence electrons. The molecule has 0 aliphatic carbocycles. The highest BCUT2D eigenvalue weighted by molar-refractivity contribution is 6.31. The first-order valence-electron chi connectivity index (χ1n) is 4.86. The van der Waals surface area contributed by atoms with Gasteiger partial charge in [0.05, 0.1) is 4.92 Å². The zero-order valence-corrected chi connectivity index (χ0v) is 9.85. The van der Waals surface area contributed by atoms with E-state index < -0.39 is 10.9 Å². The quantitative estimate of drug-likeness (QED) is 0.646.